The second-order valence-electron chi connectivity index (χ2n) is 3.98. The zero-order valence-corrected chi connectivity index (χ0v) is 9.77. The first-order valence-corrected chi connectivity index (χ1v) is 5.43. The van der Waals surface area contributed by atoms with Gasteiger partial charge in [-0.1, -0.05) is 18.2 Å². The molecule has 0 aliphatic carbocycles. The lowest BCUT2D eigenvalue weighted by molar-refractivity contribution is 0.0144. The van der Waals surface area contributed by atoms with Crippen LogP contribution in [0.25, 0.3) is 0 Å². The molecule has 5 N–H and O–H groups in total. The molecule has 0 heterocycles. The average molecular weight is 224 g/mol. The van der Waals surface area contributed by atoms with Crippen LogP contribution in [-0.4, -0.2) is 29.9 Å². The molecule has 0 bridgehead atoms. The number of hydrogen-bond donors (Lipinski definition) is 4. The van der Waals surface area contributed by atoms with Gasteiger partial charge in [0.1, 0.15) is 6.10 Å². The first kappa shape index (κ1) is 13.0. The van der Waals surface area contributed by atoms with Crippen LogP contribution in [-0.2, 0) is 0 Å². The molecule has 0 aromatic heterocycles. The van der Waals surface area contributed by atoms with Crippen molar-refractivity contribution in [2.24, 2.45) is 0 Å². The molecule has 0 amide bonds. The number of nitrogens with two attached hydrogens (primary N) is 1. The Hall–Kier alpha value is -1.10. The van der Waals surface area contributed by atoms with E-state index >= 15 is 0 Å². The van der Waals surface area contributed by atoms with Crippen LogP contribution in [0.15, 0.2) is 18.2 Å². The molecule has 0 saturated carbocycles. The molecule has 1 aromatic carbocycles. The van der Waals surface area contributed by atoms with Crippen LogP contribution in [0.3, 0.4) is 0 Å². The predicted molar refractivity (Wildman–Crippen MR) is 65.1 cm³/mol. The highest BCUT2D eigenvalue weighted by atomic mass is 16.3. The summed E-state index contributed by atoms with van der Waals surface area (Å²) in [5.41, 5.74) is 7.93. The Kier molecular flexibility index (Phi) is 4.73. The van der Waals surface area contributed by atoms with Gasteiger partial charge in [0.15, 0.2) is 0 Å². The van der Waals surface area contributed by atoms with E-state index in [1.54, 1.807) is 13.1 Å². The van der Waals surface area contributed by atoms with Gasteiger partial charge in [0.05, 0.1) is 6.10 Å². The van der Waals surface area contributed by atoms with Crippen molar-refractivity contribution in [1.29, 1.82) is 0 Å². The Labute approximate surface area is 96.1 Å². The molecule has 1 aromatic rings. The number of para-hydroxylation sites is 1. The fourth-order valence-electron chi connectivity index (χ4n) is 1.62. The molecule has 2 atom stereocenters. The van der Waals surface area contributed by atoms with Crippen LogP contribution in [0.5, 0.6) is 0 Å². The summed E-state index contributed by atoms with van der Waals surface area (Å²) in [6, 6.07) is 5.45. The molecule has 0 aliphatic heterocycles. The summed E-state index contributed by atoms with van der Waals surface area (Å²) in [7, 11) is 1.81. The van der Waals surface area contributed by atoms with Gasteiger partial charge in [-0.25, -0.2) is 0 Å². The number of nitrogen functional groups attached to an aromatic ring is 1. The van der Waals surface area contributed by atoms with E-state index < -0.39 is 12.2 Å². The van der Waals surface area contributed by atoms with Gasteiger partial charge in [-0.2, -0.15) is 0 Å². The van der Waals surface area contributed by atoms with E-state index in [2.05, 4.69) is 5.32 Å². The Bertz CT molecular complexity index is 342. The van der Waals surface area contributed by atoms with Crippen molar-refractivity contribution in [3.05, 3.63) is 29.3 Å². The van der Waals surface area contributed by atoms with Crippen molar-refractivity contribution in [3.63, 3.8) is 0 Å². The number of nitrogens with one attached hydrogen (secondary N) is 1. The number of hydrogen-bond acceptors (Lipinski definition) is 4. The van der Waals surface area contributed by atoms with E-state index in [1.807, 2.05) is 19.1 Å². The first-order chi connectivity index (χ1) is 7.57. The molecular weight excluding hydrogens is 204 g/mol. The van der Waals surface area contributed by atoms with E-state index in [1.165, 1.54) is 0 Å². The molecule has 4 heteroatoms. The third-order valence-electron chi connectivity index (χ3n) is 2.73. The minimum Gasteiger partial charge on any atom is -0.398 e. The lowest BCUT2D eigenvalue weighted by Crippen LogP contribution is -2.24. The summed E-state index contributed by atoms with van der Waals surface area (Å²) in [5.74, 6) is 0. The standard InChI is InChI=1S/C12H20N2O2/c1-8-4-3-5-9(11(8)13)12(16)10(15)6-7-14-2/h3-5,10,12,14-16H,6-7,13H2,1-2H3. The molecule has 90 valence electrons. The summed E-state index contributed by atoms with van der Waals surface area (Å²) in [6.07, 6.45) is -1.23. The normalized spacial score (nSPS) is 14.8. The van der Waals surface area contributed by atoms with E-state index in [4.69, 9.17) is 5.73 Å². The zero-order chi connectivity index (χ0) is 12.1. The van der Waals surface area contributed by atoms with Gasteiger partial charge in [0, 0.05) is 11.3 Å². The number of benzene rings is 1. The van der Waals surface area contributed by atoms with Crippen molar-refractivity contribution >= 4 is 5.69 Å². The molecule has 1 rings (SSSR count). The average Bonchev–Trinajstić information content (AvgIpc) is 2.28. The summed E-state index contributed by atoms with van der Waals surface area (Å²) in [4.78, 5) is 0. The van der Waals surface area contributed by atoms with Gasteiger partial charge in [0.2, 0.25) is 0 Å². The third-order valence-corrected chi connectivity index (χ3v) is 2.73. The summed E-state index contributed by atoms with van der Waals surface area (Å²) >= 11 is 0. The summed E-state index contributed by atoms with van der Waals surface area (Å²) in [5, 5.41) is 22.7. The molecule has 0 radical (unpaired) electrons. The molecule has 2 unspecified atom stereocenters. The number of aryl methyl sites for hydroxylation is 1. The van der Waals surface area contributed by atoms with Crippen LogP contribution in [0.1, 0.15) is 23.7 Å². The highest BCUT2D eigenvalue weighted by Gasteiger charge is 2.20. The SMILES string of the molecule is CNCCC(O)C(O)c1cccc(C)c1N. The van der Waals surface area contributed by atoms with Gasteiger partial charge in [-0.05, 0) is 32.5 Å². The summed E-state index contributed by atoms with van der Waals surface area (Å²) in [6.45, 7) is 2.54. The van der Waals surface area contributed by atoms with Crippen LogP contribution >= 0.6 is 0 Å². The molecule has 16 heavy (non-hydrogen) atoms. The lowest BCUT2D eigenvalue weighted by atomic mass is 9.98. The number of aliphatic hydroxyl groups excluding tert-OH is 2. The fraction of sp³-hybridized carbons (Fsp3) is 0.500. The van der Waals surface area contributed by atoms with Crippen LogP contribution in [0.2, 0.25) is 0 Å². The molecule has 0 spiro atoms. The molecule has 4 nitrogen and oxygen atoms in total. The van der Waals surface area contributed by atoms with Crippen LogP contribution in [0.4, 0.5) is 5.69 Å². The number of anilines is 1. The molecule has 0 fully saturated rings. The zero-order valence-electron chi connectivity index (χ0n) is 9.77. The van der Waals surface area contributed by atoms with E-state index in [0.29, 0.717) is 24.2 Å². The van der Waals surface area contributed by atoms with E-state index in [0.717, 1.165) is 5.56 Å². The quantitative estimate of drug-likeness (QED) is 0.552. The minimum atomic E-state index is -0.923. The molecule has 0 aliphatic rings. The Morgan fingerprint density at radius 3 is 2.69 bits per heavy atom. The topological polar surface area (TPSA) is 78.5 Å². The highest BCUT2D eigenvalue weighted by Crippen LogP contribution is 2.26. The first-order valence-electron chi connectivity index (χ1n) is 5.43. The third kappa shape index (κ3) is 2.95. The van der Waals surface area contributed by atoms with Crippen molar-refractivity contribution in [1.82, 2.24) is 5.32 Å². The maximum Gasteiger partial charge on any atom is 0.107 e. The van der Waals surface area contributed by atoms with Crippen LogP contribution < -0.4 is 11.1 Å². The monoisotopic (exact) mass is 224 g/mol. The minimum absolute atomic E-state index is 0.491. The maximum atomic E-state index is 9.96. The second kappa shape index (κ2) is 5.84. The predicted octanol–water partition coefficient (Wildman–Crippen LogP) is 0.581. The van der Waals surface area contributed by atoms with Crippen molar-refractivity contribution in [2.75, 3.05) is 19.3 Å². The second-order valence-corrected chi connectivity index (χ2v) is 3.98. The highest BCUT2D eigenvalue weighted by molar-refractivity contribution is 5.54. The van der Waals surface area contributed by atoms with Crippen molar-refractivity contribution in [2.45, 2.75) is 25.6 Å². The van der Waals surface area contributed by atoms with Gasteiger partial charge >= 0.3 is 0 Å². The maximum absolute atomic E-state index is 9.96. The Morgan fingerprint density at radius 2 is 2.06 bits per heavy atom. The van der Waals surface area contributed by atoms with E-state index in [-0.39, 0.29) is 0 Å². The largest absolute Gasteiger partial charge is 0.398 e. The summed E-state index contributed by atoms with van der Waals surface area (Å²) < 4.78 is 0. The molecular formula is C12H20N2O2. The van der Waals surface area contributed by atoms with Crippen LogP contribution in [0, 0.1) is 6.92 Å². The lowest BCUT2D eigenvalue weighted by Gasteiger charge is -2.20. The Morgan fingerprint density at radius 1 is 1.38 bits per heavy atom. The van der Waals surface area contributed by atoms with Gasteiger partial charge in [0.25, 0.3) is 0 Å². The smallest absolute Gasteiger partial charge is 0.107 e. The van der Waals surface area contributed by atoms with Gasteiger partial charge < -0.3 is 21.3 Å². The fourth-order valence-corrected chi connectivity index (χ4v) is 1.62. The Balaban J connectivity index is 2.79. The van der Waals surface area contributed by atoms with Crippen molar-refractivity contribution in [3.8, 4) is 0 Å². The van der Waals surface area contributed by atoms with E-state index in [9.17, 15) is 10.2 Å². The van der Waals surface area contributed by atoms with Crippen molar-refractivity contribution < 1.29 is 10.2 Å². The van der Waals surface area contributed by atoms with Gasteiger partial charge in [-0.3, -0.25) is 0 Å². The number of rotatable bonds is 5. The van der Waals surface area contributed by atoms with Gasteiger partial charge in [-0.15, -0.1) is 0 Å². The number of aliphatic hydroxyl groups is 2. The molecule has 0 saturated heterocycles.